The van der Waals surface area contributed by atoms with Crippen LogP contribution >= 0.6 is 7.26 Å². The lowest BCUT2D eigenvalue weighted by Gasteiger charge is -2.20. The lowest BCUT2D eigenvalue weighted by Crippen LogP contribution is -2.04. The zero-order valence-electron chi connectivity index (χ0n) is 9.63. The van der Waals surface area contributed by atoms with Gasteiger partial charge in [0.2, 0.25) is 0 Å². The Labute approximate surface area is 83.1 Å². The van der Waals surface area contributed by atoms with Crippen molar-refractivity contribution in [3.05, 3.63) is 0 Å². The van der Waals surface area contributed by atoms with E-state index in [1.54, 1.807) is 0 Å². The van der Waals surface area contributed by atoms with Crippen LogP contribution in [0, 0.1) is 0 Å². The molecule has 0 bridgehead atoms. The standard InChI is InChI=1S/C8H20P.C2H4O2/c1-5-9(6-2,7-3)8-4;1-2(3)4/h5-8H2,1-4H3;1H3,(H,3,4)/q+1;. The summed E-state index contributed by atoms with van der Waals surface area (Å²) in [6.45, 7) is 10.5. The first-order valence-corrected chi connectivity index (χ1v) is 7.55. The average molecular weight is 207 g/mol. The first kappa shape index (κ1) is 15.4. The van der Waals surface area contributed by atoms with Crippen LogP contribution in [0.5, 0.6) is 0 Å². The van der Waals surface area contributed by atoms with Crippen LogP contribution in [0.3, 0.4) is 0 Å². The summed E-state index contributed by atoms with van der Waals surface area (Å²) in [5, 5.41) is 7.42. The molecular formula is C10H24O2P+. The molecule has 13 heavy (non-hydrogen) atoms. The predicted octanol–water partition coefficient (Wildman–Crippen LogP) is 3.17. The Bertz CT molecular complexity index is 109. The molecule has 1 N–H and O–H groups in total. The summed E-state index contributed by atoms with van der Waals surface area (Å²) in [6, 6.07) is 0. The Morgan fingerprint density at radius 2 is 1.15 bits per heavy atom. The maximum atomic E-state index is 9.00. The Morgan fingerprint density at radius 3 is 1.15 bits per heavy atom. The normalized spacial score (nSPS) is 10.2. The van der Waals surface area contributed by atoms with Crippen molar-refractivity contribution in [2.75, 3.05) is 24.6 Å². The van der Waals surface area contributed by atoms with E-state index in [2.05, 4.69) is 27.7 Å². The number of carbonyl (C=O) groups is 1. The second-order valence-electron chi connectivity index (χ2n) is 3.13. The lowest BCUT2D eigenvalue weighted by molar-refractivity contribution is -0.134. The van der Waals surface area contributed by atoms with Crippen molar-refractivity contribution in [2.45, 2.75) is 34.6 Å². The summed E-state index contributed by atoms with van der Waals surface area (Å²) in [7, 11) is -0.420. The van der Waals surface area contributed by atoms with E-state index in [0.717, 1.165) is 6.92 Å². The van der Waals surface area contributed by atoms with Crippen LogP contribution in [-0.2, 0) is 4.79 Å². The molecule has 0 fully saturated rings. The number of carboxylic acid groups (broad SMARTS) is 1. The number of rotatable bonds is 4. The zero-order chi connectivity index (χ0) is 10.9. The van der Waals surface area contributed by atoms with E-state index in [0.29, 0.717) is 0 Å². The van der Waals surface area contributed by atoms with Gasteiger partial charge in [0.1, 0.15) is 0 Å². The van der Waals surface area contributed by atoms with Gasteiger partial charge in [-0.15, -0.1) is 0 Å². The maximum absolute atomic E-state index is 9.00. The lowest BCUT2D eigenvalue weighted by atomic mass is 10.9. The third-order valence-electron chi connectivity index (χ3n) is 2.68. The number of hydrogen-bond acceptors (Lipinski definition) is 1. The minimum Gasteiger partial charge on any atom is -0.481 e. The van der Waals surface area contributed by atoms with E-state index in [4.69, 9.17) is 9.90 Å². The fraction of sp³-hybridized carbons (Fsp3) is 0.900. The van der Waals surface area contributed by atoms with Gasteiger partial charge in [0.05, 0.1) is 24.6 Å². The highest BCUT2D eigenvalue weighted by Crippen LogP contribution is 2.57. The molecule has 3 heteroatoms. The minimum atomic E-state index is -0.833. The molecule has 0 radical (unpaired) electrons. The molecule has 0 aliphatic rings. The van der Waals surface area contributed by atoms with Crippen molar-refractivity contribution in [1.29, 1.82) is 0 Å². The molecule has 2 nitrogen and oxygen atoms in total. The van der Waals surface area contributed by atoms with Gasteiger partial charge in [-0.3, -0.25) is 4.79 Å². The molecule has 0 saturated heterocycles. The summed E-state index contributed by atoms with van der Waals surface area (Å²) in [6.07, 6.45) is 5.82. The average Bonchev–Trinajstić information content (AvgIpc) is 2.09. The van der Waals surface area contributed by atoms with Crippen molar-refractivity contribution >= 4 is 13.2 Å². The van der Waals surface area contributed by atoms with Gasteiger partial charge in [-0.1, -0.05) is 0 Å². The van der Waals surface area contributed by atoms with Crippen LogP contribution in [0.1, 0.15) is 34.6 Å². The molecule has 0 amide bonds. The summed E-state index contributed by atoms with van der Waals surface area (Å²) in [4.78, 5) is 9.00. The molecule has 0 spiro atoms. The van der Waals surface area contributed by atoms with Crippen molar-refractivity contribution in [3.63, 3.8) is 0 Å². The molecule has 0 heterocycles. The van der Waals surface area contributed by atoms with Gasteiger partial charge >= 0.3 is 0 Å². The van der Waals surface area contributed by atoms with Crippen LogP contribution in [0.15, 0.2) is 0 Å². The molecule has 0 aromatic rings. The highest BCUT2D eigenvalue weighted by molar-refractivity contribution is 7.75. The Kier molecular flexibility index (Phi) is 10.0. The van der Waals surface area contributed by atoms with E-state index >= 15 is 0 Å². The van der Waals surface area contributed by atoms with Crippen molar-refractivity contribution in [2.24, 2.45) is 0 Å². The quantitative estimate of drug-likeness (QED) is 0.719. The van der Waals surface area contributed by atoms with Crippen molar-refractivity contribution in [1.82, 2.24) is 0 Å². The summed E-state index contributed by atoms with van der Waals surface area (Å²) < 4.78 is 0. The molecule has 0 unspecified atom stereocenters. The smallest absolute Gasteiger partial charge is 0.300 e. The molecule has 0 aromatic heterocycles. The van der Waals surface area contributed by atoms with Crippen LogP contribution < -0.4 is 0 Å². The topological polar surface area (TPSA) is 37.3 Å². The van der Waals surface area contributed by atoms with Gasteiger partial charge in [-0.2, -0.15) is 0 Å². The molecule has 80 valence electrons. The maximum Gasteiger partial charge on any atom is 0.300 e. The first-order chi connectivity index (χ1) is 5.97. The largest absolute Gasteiger partial charge is 0.481 e. The SMILES string of the molecule is CC(=O)O.CC[P+](CC)(CC)CC. The molecular weight excluding hydrogens is 183 g/mol. The van der Waals surface area contributed by atoms with Gasteiger partial charge in [0, 0.05) is 14.2 Å². The monoisotopic (exact) mass is 207 g/mol. The van der Waals surface area contributed by atoms with Gasteiger partial charge in [0.15, 0.2) is 0 Å². The van der Waals surface area contributed by atoms with Crippen LogP contribution in [0.4, 0.5) is 0 Å². The van der Waals surface area contributed by atoms with E-state index in [-0.39, 0.29) is 0 Å². The zero-order valence-corrected chi connectivity index (χ0v) is 10.5. The van der Waals surface area contributed by atoms with E-state index in [9.17, 15) is 0 Å². The van der Waals surface area contributed by atoms with Gasteiger partial charge in [-0.05, 0) is 27.7 Å². The van der Waals surface area contributed by atoms with Crippen molar-refractivity contribution in [3.8, 4) is 0 Å². The predicted molar refractivity (Wildman–Crippen MR) is 62.4 cm³/mol. The number of carboxylic acids is 1. The summed E-state index contributed by atoms with van der Waals surface area (Å²) in [5.41, 5.74) is 0. The van der Waals surface area contributed by atoms with E-state index < -0.39 is 13.2 Å². The second kappa shape index (κ2) is 8.50. The number of aliphatic carboxylic acids is 1. The van der Waals surface area contributed by atoms with Gasteiger partial charge < -0.3 is 5.11 Å². The fourth-order valence-corrected chi connectivity index (χ4v) is 4.02. The Hall–Kier alpha value is -0.100. The van der Waals surface area contributed by atoms with Crippen LogP contribution in [0.2, 0.25) is 0 Å². The Morgan fingerprint density at radius 1 is 1.00 bits per heavy atom. The van der Waals surface area contributed by atoms with Gasteiger partial charge in [-0.25, -0.2) is 0 Å². The summed E-state index contributed by atoms with van der Waals surface area (Å²) in [5.74, 6) is -0.833. The molecule has 0 rings (SSSR count). The van der Waals surface area contributed by atoms with Crippen LogP contribution in [-0.4, -0.2) is 35.7 Å². The second-order valence-corrected chi connectivity index (χ2v) is 8.34. The van der Waals surface area contributed by atoms with E-state index in [1.165, 1.54) is 24.6 Å². The third-order valence-corrected chi connectivity index (χ3v) is 8.05. The molecule has 0 atom stereocenters. The highest BCUT2D eigenvalue weighted by Gasteiger charge is 2.27. The third kappa shape index (κ3) is 8.24. The summed E-state index contributed by atoms with van der Waals surface area (Å²) >= 11 is 0. The molecule has 0 saturated carbocycles. The van der Waals surface area contributed by atoms with Crippen LogP contribution in [0.25, 0.3) is 0 Å². The first-order valence-electron chi connectivity index (χ1n) is 5.02. The Balaban J connectivity index is 0. The fourth-order valence-electron chi connectivity index (χ4n) is 1.34. The minimum absolute atomic E-state index is 0.420. The number of hydrogen-bond donors (Lipinski definition) is 1. The van der Waals surface area contributed by atoms with E-state index in [1.807, 2.05) is 0 Å². The van der Waals surface area contributed by atoms with Gasteiger partial charge in [0.25, 0.3) is 5.97 Å². The molecule has 0 aliphatic heterocycles. The molecule has 0 aliphatic carbocycles. The molecule has 0 aromatic carbocycles. The van der Waals surface area contributed by atoms with Crippen molar-refractivity contribution < 1.29 is 9.90 Å². The highest BCUT2D eigenvalue weighted by atomic mass is 31.2.